The van der Waals surface area contributed by atoms with Crippen molar-refractivity contribution in [3.63, 3.8) is 0 Å². The molecule has 0 unspecified atom stereocenters. The normalized spacial score (nSPS) is 17.3. The number of nitrogens with zero attached hydrogens (tertiary/aromatic N) is 6. The molecule has 0 N–H and O–H groups in total. The Balaban J connectivity index is 1.74. The summed E-state index contributed by atoms with van der Waals surface area (Å²) >= 11 is 0. The van der Waals surface area contributed by atoms with Crippen molar-refractivity contribution < 1.29 is 13.5 Å². The highest BCUT2D eigenvalue weighted by Gasteiger charge is 2.28. The minimum atomic E-state index is -2.68. The van der Waals surface area contributed by atoms with Gasteiger partial charge in [-0.2, -0.15) is 10.1 Å². The quantitative estimate of drug-likeness (QED) is 0.607. The van der Waals surface area contributed by atoms with Crippen LogP contribution in [0.15, 0.2) is 42.4 Å². The van der Waals surface area contributed by atoms with E-state index in [0.29, 0.717) is 24.5 Å². The smallest absolute Gasteiger partial charge is 0.280 e. The number of halogens is 2. The predicted molar refractivity (Wildman–Crippen MR) is 104 cm³/mol. The Labute approximate surface area is 167 Å². The van der Waals surface area contributed by atoms with E-state index in [1.165, 1.54) is 16.9 Å². The van der Waals surface area contributed by atoms with Gasteiger partial charge in [0.25, 0.3) is 12.2 Å². The summed E-state index contributed by atoms with van der Waals surface area (Å²) in [5, 5.41) is 4.20. The molecular weight excluding hydrogens is 378 g/mol. The van der Waals surface area contributed by atoms with E-state index in [4.69, 9.17) is 4.74 Å². The number of rotatable bonds is 5. The van der Waals surface area contributed by atoms with E-state index in [2.05, 4.69) is 31.0 Å². The molecule has 1 atom stereocenters. The maximum Gasteiger partial charge on any atom is 0.280 e. The summed E-state index contributed by atoms with van der Waals surface area (Å²) in [7, 11) is 0. The van der Waals surface area contributed by atoms with Crippen LogP contribution in [0.25, 0.3) is 5.78 Å². The first-order valence-electron chi connectivity index (χ1n) is 9.46. The molecule has 0 aromatic carbocycles. The second-order valence-corrected chi connectivity index (χ2v) is 7.28. The number of ether oxygens (including phenoxy) is 1. The van der Waals surface area contributed by atoms with Crippen molar-refractivity contribution in [3.05, 3.63) is 53.8 Å². The third kappa shape index (κ3) is 3.76. The standard InChI is InChI=1S/C20H22F2N6O/c1-12(2)29-17-5-4-7-23-19(17)27-8-6-13(3)14(10-27)16-9-15(18(21)22)26-20-24-11-25-28(16)20/h4-7,9,11-12,14,18H,8,10H2,1-3H3/t14-/m1/s1. The van der Waals surface area contributed by atoms with Crippen LogP contribution >= 0.6 is 0 Å². The van der Waals surface area contributed by atoms with Gasteiger partial charge in [-0.05, 0) is 39.0 Å². The third-order valence-electron chi connectivity index (χ3n) is 4.88. The summed E-state index contributed by atoms with van der Waals surface area (Å²) in [6, 6.07) is 5.14. The zero-order valence-corrected chi connectivity index (χ0v) is 16.5. The first-order valence-corrected chi connectivity index (χ1v) is 9.46. The topological polar surface area (TPSA) is 68.4 Å². The number of hydrogen-bond donors (Lipinski definition) is 0. The Kier molecular flexibility index (Phi) is 5.12. The molecule has 4 heterocycles. The van der Waals surface area contributed by atoms with Crippen LogP contribution in [0.4, 0.5) is 14.6 Å². The molecule has 7 nitrogen and oxygen atoms in total. The number of hydrogen-bond acceptors (Lipinski definition) is 6. The SMILES string of the molecule is CC1=CCN(c2ncccc2OC(C)C)C[C@H]1c1cc(C(F)F)nc2ncnn12. The first-order chi connectivity index (χ1) is 13.9. The van der Waals surface area contributed by atoms with Gasteiger partial charge < -0.3 is 9.64 Å². The van der Waals surface area contributed by atoms with Gasteiger partial charge in [0.15, 0.2) is 11.6 Å². The number of fused-ring (bicyclic) bond motifs is 1. The van der Waals surface area contributed by atoms with Crippen molar-refractivity contribution in [2.24, 2.45) is 0 Å². The summed E-state index contributed by atoms with van der Waals surface area (Å²) in [5.41, 5.74) is 1.40. The molecule has 0 bridgehead atoms. The largest absolute Gasteiger partial charge is 0.487 e. The van der Waals surface area contributed by atoms with Crippen molar-refractivity contribution in [1.82, 2.24) is 24.6 Å². The molecule has 3 aromatic rings. The molecule has 9 heteroatoms. The van der Waals surface area contributed by atoms with Crippen LogP contribution < -0.4 is 9.64 Å². The molecule has 0 saturated heterocycles. The van der Waals surface area contributed by atoms with Crippen molar-refractivity contribution in [1.29, 1.82) is 0 Å². The van der Waals surface area contributed by atoms with Gasteiger partial charge in [0.1, 0.15) is 12.0 Å². The summed E-state index contributed by atoms with van der Waals surface area (Å²) < 4.78 is 34.2. The van der Waals surface area contributed by atoms with Crippen molar-refractivity contribution in [3.8, 4) is 5.75 Å². The van der Waals surface area contributed by atoms with Crippen LogP contribution in [0, 0.1) is 0 Å². The lowest BCUT2D eigenvalue weighted by molar-refractivity contribution is 0.146. The van der Waals surface area contributed by atoms with Crippen LogP contribution in [0.5, 0.6) is 5.75 Å². The third-order valence-corrected chi connectivity index (χ3v) is 4.88. The molecule has 0 amide bonds. The summed E-state index contributed by atoms with van der Waals surface area (Å²) in [6.45, 7) is 7.13. The molecule has 0 fully saturated rings. The summed E-state index contributed by atoms with van der Waals surface area (Å²) in [6.07, 6.45) is 2.46. The molecular formula is C20H22F2N6O. The molecule has 3 aromatic heterocycles. The Morgan fingerprint density at radius 1 is 1.24 bits per heavy atom. The highest BCUT2D eigenvalue weighted by molar-refractivity contribution is 5.54. The van der Waals surface area contributed by atoms with Gasteiger partial charge in [0.2, 0.25) is 0 Å². The Morgan fingerprint density at radius 3 is 2.83 bits per heavy atom. The molecule has 152 valence electrons. The maximum atomic E-state index is 13.4. The predicted octanol–water partition coefficient (Wildman–Crippen LogP) is 3.79. The lowest BCUT2D eigenvalue weighted by Gasteiger charge is -2.34. The minimum absolute atomic E-state index is 0.0133. The van der Waals surface area contributed by atoms with Crippen molar-refractivity contribution >= 4 is 11.6 Å². The lowest BCUT2D eigenvalue weighted by atomic mass is 9.92. The van der Waals surface area contributed by atoms with Gasteiger partial charge in [0, 0.05) is 25.2 Å². The molecule has 0 spiro atoms. The van der Waals surface area contributed by atoms with Gasteiger partial charge in [-0.1, -0.05) is 11.6 Å². The monoisotopic (exact) mass is 400 g/mol. The van der Waals surface area contributed by atoms with E-state index in [1.807, 2.05) is 32.9 Å². The summed E-state index contributed by atoms with van der Waals surface area (Å²) in [4.78, 5) is 14.5. The molecule has 1 aliphatic heterocycles. The minimum Gasteiger partial charge on any atom is -0.487 e. The fourth-order valence-corrected chi connectivity index (χ4v) is 3.51. The highest BCUT2D eigenvalue weighted by Crippen LogP contribution is 2.35. The first kappa shape index (κ1) is 19.2. The van der Waals surface area contributed by atoms with Gasteiger partial charge in [0.05, 0.1) is 11.8 Å². The second-order valence-electron chi connectivity index (χ2n) is 7.28. The lowest BCUT2D eigenvalue weighted by Crippen LogP contribution is -2.35. The fraction of sp³-hybridized carbons (Fsp3) is 0.400. The molecule has 1 aliphatic rings. The number of alkyl halides is 2. The van der Waals surface area contributed by atoms with Crippen molar-refractivity contribution in [2.75, 3.05) is 18.0 Å². The summed E-state index contributed by atoms with van der Waals surface area (Å²) in [5.74, 6) is 1.43. The number of aromatic nitrogens is 5. The molecule has 29 heavy (non-hydrogen) atoms. The van der Waals surface area contributed by atoms with E-state index >= 15 is 0 Å². The van der Waals surface area contributed by atoms with Crippen molar-refractivity contribution in [2.45, 2.75) is 39.2 Å². The van der Waals surface area contributed by atoms with E-state index in [-0.39, 0.29) is 23.5 Å². The van der Waals surface area contributed by atoms with E-state index in [1.54, 1.807) is 6.20 Å². The van der Waals surface area contributed by atoms with E-state index in [0.717, 1.165) is 11.4 Å². The Bertz CT molecular complexity index is 1050. The second kappa shape index (κ2) is 7.73. The number of anilines is 1. The van der Waals surface area contributed by atoms with Crippen LogP contribution in [-0.2, 0) is 0 Å². The molecule has 0 radical (unpaired) electrons. The van der Waals surface area contributed by atoms with E-state index < -0.39 is 6.43 Å². The van der Waals surface area contributed by atoms with Crippen LogP contribution in [0.3, 0.4) is 0 Å². The van der Waals surface area contributed by atoms with Crippen LogP contribution in [0.1, 0.15) is 44.5 Å². The average molecular weight is 400 g/mol. The van der Waals surface area contributed by atoms with Crippen LogP contribution in [0.2, 0.25) is 0 Å². The maximum absolute atomic E-state index is 13.4. The molecule has 0 saturated carbocycles. The Hall–Kier alpha value is -3.10. The zero-order valence-electron chi connectivity index (χ0n) is 16.5. The fourth-order valence-electron chi connectivity index (χ4n) is 3.51. The Morgan fingerprint density at radius 2 is 2.07 bits per heavy atom. The van der Waals surface area contributed by atoms with Gasteiger partial charge >= 0.3 is 0 Å². The van der Waals surface area contributed by atoms with Gasteiger partial charge in [-0.3, -0.25) is 0 Å². The average Bonchev–Trinajstić information content (AvgIpc) is 3.16. The van der Waals surface area contributed by atoms with Crippen LogP contribution in [-0.4, -0.2) is 43.8 Å². The van der Waals surface area contributed by atoms with E-state index in [9.17, 15) is 8.78 Å². The number of pyridine rings is 1. The zero-order chi connectivity index (χ0) is 20.5. The van der Waals surface area contributed by atoms with Gasteiger partial charge in [-0.15, -0.1) is 0 Å². The van der Waals surface area contributed by atoms with Gasteiger partial charge in [-0.25, -0.2) is 23.3 Å². The highest BCUT2D eigenvalue weighted by atomic mass is 19.3. The molecule has 4 rings (SSSR count). The molecule has 0 aliphatic carbocycles.